The maximum absolute atomic E-state index is 8.96. The Morgan fingerprint density at radius 2 is 1.87 bits per heavy atom. The van der Waals surface area contributed by atoms with E-state index in [-0.39, 0.29) is 6.61 Å². The number of aromatic nitrogens is 2. The third-order valence-electron chi connectivity index (χ3n) is 3.42. The molecule has 2 heterocycles. The van der Waals surface area contributed by atoms with E-state index >= 15 is 0 Å². The van der Waals surface area contributed by atoms with Crippen molar-refractivity contribution in [3.05, 3.63) is 76.0 Å². The zero-order valence-corrected chi connectivity index (χ0v) is 13.5. The zero-order chi connectivity index (χ0) is 15.9. The van der Waals surface area contributed by atoms with Gasteiger partial charge in [-0.2, -0.15) is 0 Å². The maximum atomic E-state index is 8.96. The van der Waals surface area contributed by atoms with E-state index in [2.05, 4.69) is 34.2 Å². The molecule has 0 unspecified atom stereocenters. The van der Waals surface area contributed by atoms with E-state index in [1.165, 1.54) is 5.56 Å². The standard InChI is InChI=1S/C18H18N2O2S/c21-11-15-7-8-17(10-19-15)22-12-16-13-23-18(20-16)9-6-14-4-2-1-3-5-14/h1-5,7-8,10,13,21H,6,9,11-12H2. The number of aliphatic hydroxyl groups is 1. The van der Waals surface area contributed by atoms with Crippen LogP contribution >= 0.6 is 11.3 Å². The van der Waals surface area contributed by atoms with Gasteiger partial charge in [-0.3, -0.25) is 4.98 Å². The molecule has 0 fully saturated rings. The molecule has 3 aromatic rings. The van der Waals surface area contributed by atoms with Crippen molar-refractivity contribution in [2.75, 3.05) is 0 Å². The Hall–Kier alpha value is -2.24. The maximum Gasteiger partial charge on any atom is 0.138 e. The molecule has 0 aliphatic heterocycles. The average Bonchev–Trinajstić information content (AvgIpc) is 3.07. The number of aryl methyl sites for hydroxylation is 2. The summed E-state index contributed by atoms with van der Waals surface area (Å²) >= 11 is 1.67. The van der Waals surface area contributed by atoms with Crippen LogP contribution in [0.5, 0.6) is 5.75 Å². The average molecular weight is 326 g/mol. The van der Waals surface area contributed by atoms with Crippen molar-refractivity contribution in [3.8, 4) is 5.75 Å². The van der Waals surface area contributed by atoms with Crippen LogP contribution in [0.4, 0.5) is 0 Å². The highest BCUT2D eigenvalue weighted by Gasteiger charge is 2.04. The molecule has 0 aliphatic rings. The summed E-state index contributed by atoms with van der Waals surface area (Å²) in [5.41, 5.74) is 2.90. The quantitative estimate of drug-likeness (QED) is 0.723. The number of rotatable bonds is 7. The molecule has 3 rings (SSSR count). The van der Waals surface area contributed by atoms with E-state index in [0.717, 1.165) is 23.5 Å². The number of hydrogen-bond acceptors (Lipinski definition) is 5. The summed E-state index contributed by atoms with van der Waals surface area (Å²) in [6.07, 6.45) is 3.57. The van der Waals surface area contributed by atoms with Gasteiger partial charge in [0, 0.05) is 11.8 Å². The lowest BCUT2D eigenvalue weighted by atomic mass is 10.1. The molecule has 23 heavy (non-hydrogen) atoms. The molecule has 0 amide bonds. The molecule has 1 aromatic carbocycles. The highest BCUT2D eigenvalue weighted by molar-refractivity contribution is 7.09. The Bertz CT molecular complexity index is 726. The molecule has 1 N–H and O–H groups in total. The number of ether oxygens (including phenoxy) is 1. The SMILES string of the molecule is OCc1ccc(OCc2csc(CCc3ccccc3)n2)cn1. The largest absolute Gasteiger partial charge is 0.486 e. The highest BCUT2D eigenvalue weighted by atomic mass is 32.1. The summed E-state index contributed by atoms with van der Waals surface area (Å²) in [5, 5.41) is 12.1. The van der Waals surface area contributed by atoms with Gasteiger partial charge in [-0.05, 0) is 24.1 Å². The topological polar surface area (TPSA) is 55.2 Å². The molecule has 2 aromatic heterocycles. The fourth-order valence-corrected chi connectivity index (χ4v) is 2.96. The van der Waals surface area contributed by atoms with E-state index in [1.807, 2.05) is 11.4 Å². The summed E-state index contributed by atoms with van der Waals surface area (Å²) in [5.74, 6) is 0.682. The minimum Gasteiger partial charge on any atom is -0.486 e. The minimum atomic E-state index is -0.0584. The van der Waals surface area contributed by atoms with Crippen LogP contribution in [0.25, 0.3) is 0 Å². The molecule has 4 nitrogen and oxygen atoms in total. The fraction of sp³-hybridized carbons (Fsp3) is 0.222. The van der Waals surface area contributed by atoms with E-state index in [4.69, 9.17) is 9.84 Å². The molecule has 0 spiro atoms. The summed E-state index contributed by atoms with van der Waals surface area (Å²) in [6, 6.07) is 14.0. The molecule has 0 bridgehead atoms. The Morgan fingerprint density at radius 1 is 1.00 bits per heavy atom. The molecule has 0 saturated carbocycles. The van der Waals surface area contributed by atoms with E-state index in [0.29, 0.717) is 18.1 Å². The summed E-state index contributed by atoms with van der Waals surface area (Å²) in [4.78, 5) is 8.69. The number of nitrogens with zero attached hydrogens (tertiary/aromatic N) is 2. The first-order chi connectivity index (χ1) is 11.3. The van der Waals surface area contributed by atoms with Crippen molar-refractivity contribution < 1.29 is 9.84 Å². The number of hydrogen-bond donors (Lipinski definition) is 1. The monoisotopic (exact) mass is 326 g/mol. The first kappa shape index (κ1) is 15.6. The molecule has 5 heteroatoms. The second-order valence-corrected chi connectivity index (χ2v) is 6.09. The van der Waals surface area contributed by atoms with E-state index in [1.54, 1.807) is 29.7 Å². The lowest BCUT2D eigenvalue weighted by molar-refractivity contribution is 0.274. The van der Waals surface area contributed by atoms with Gasteiger partial charge < -0.3 is 9.84 Å². The van der Waals surface area contributed by atoms with Gasteiger partial charge >= 0.3 is 0 Å². The normalized spacial score (nSPS) is 10.7. The Labute approximate surface area is 139 Å². The lowest BCUT2D eigenvalue weighted by Crippen LogP contribution is -1.98. The van der Waals surface area contributed by atoms with Gasteiger partial charge in [-0.15, -0.1) is 11.3 Å². The number of aliphatic hydroxyl groups excluding tert-OH is 1. The van der Waals surface area contributed by atoms with Crippen LogP contribution in [-0.2, 0) is 26.1 Å². The van der Waals surface area contributed by atoms with Crippen LogP contribution in [-0.4, -0.2) is 15.1 Å². The predicted molar refractivity (Wildman–Crippen MR) is 90.5 cm³/mol. The van der Waals surface area contributed by atoms with E-state index in [9.17, 15) is 0 Å². The van der Waals surface area contributed by atoms with Crippen molar-refractivity contribution in [1.82, 2.24) is 9.97 Å². The molecule has 118 valence electrons. The minimum absolute atomic E-state index is 0.0584. The lowest BCUT2D eigenvalue weighted by Gasteiger charge is -2.04. The number of benzene rings is 1. The first-order valence-electron chi connectivity index (χ1n) is 7.49. The van der Waals surface area contributed by atoms with Crippen molar-refractivity contribution >= 4 is 11.3 Å². The second kappa shape index (κ2) is 7.85. The third-order valence-corrected chi connectivity index (χ3v) is 4.37. The smallest absolute Gasteiger partial charge is 0.138 e. The van der Waals surface area contributed by atoms with Gasteiger partial charge in [-0.1, -0.05) is 30.3 Å². The fourth-order valence-electron chi connectivity index (χ4n) is 2.17. The molecular weight excluding hydrogens is 308 g/mol. The Balaban J connectivity index is 1.50. The summed E-state index contributed by atoms with van der Waals surface area (Å²) in [6.45, 7) is 0.374. The molecular formula is C18H18N2O2S. The van der Waals surface area contributed by atoms with Crippen LogP contribution in [0.15, 0.2) is 54.0 Å². The number of thiazole rings is 1. The molecule has 0 radical (unpaired) electrons. The van der Waals surface area contributed by atoms with E-state index < -0.39 is 0 Å². The summed E-state index contributed by atoms with van der Waals surface area (Å²) in [7, 11) is 0. The van der Waals surface area contributed by atoms with Gasteiger partial charge in [0.15, 0.2) is 0 Å². The van der Waals surface area contributed by atoms with Gasteiger partial charge in [0.1, 0.15) is 12.4 Å². The van der Waals surface area contributed by atoms with Crippen LogP contribution < -0.4 is 4.74 Å². The van der Waals surface area contributed by atoms with Crippen LogP contribution in [0, 0.1) is 0 Å². The molecule has 0 aliphatic carbocycles. The molecule has 0 saturated heterocycles. The highest BCUT2D eigenvalue weighted by Crippen LogP contribution is 2.16. The Morgan fingerprint density at radius 3 is 2.61 bits per heavy atom. The zero-order valence-electron chi connectivity index (χ0n) is 12.7. The van der Waals surface area contributed by atoms with Gasteiger partial charge in [0.25, 0.3) is 0 Å². The molecule has 0 atom stereocenters. The van der Waals surface area contributed by atoms with Crippen molar-refractivity contribution in [1.29, 1.82) is 0 Å². The predicted octanol–water partition coefficient (Wildman–Crippen LogP) is 3.39. The number of pyridine rings is 1. The van der Waals surface area contributed by atoms with Gasteiger partial charge in [-0.25, -0.2) is 4.98 Å². The van der Waals surface area contributed by atoms with Crippen LogP contribution in [0.1, 0.15) is 22.0 Å². The first-order valence-corrected chi connectivity index (χ1v) is 8.37. The Kier molecular flexibility index (Phi) is 5.34. The van der Waals surface area contributed by atoms with Crippen LogP contribution in [0.3, 0.4) is 0 Å². The van der Waals surface area contributed by atoms with Gasteiger partial charge in [0.2, 0.25) is 0 Å². The van der Waals surface area contributed by atoms with Gasteiger partial charge in [0.05, 0.1) is 29.2 Å². The van der Waals surface area contributed by atoms with Crippen LogP contribution in [0.2, 0.25) is 0 Å². The second-order valence-electron chi connectivity index (χ2n) is 5.15. The van der Waals surface area contributed by atoms with Crippen molar-refractivity contribution in [2.45, 2.75) is 26.1 Å². The summed E-state index contributed by atoms with van der Waals surface area (Å²) < 4.78 is 5.67. The third kappa shape index (κ3) is 4.61. The van der Waals surface area contributed by atoms with Crippen molar-refractivity contribution in [3.63, 3.8) is 0 Å². The van der Waals surface area contributed by atoms with Crippen molar-refractivity contribution in [2.24, 2.45) is 0 Å².